The van der Waals surface area contributed by atoms with Crippen LogP contribution in [-0.2, 0) is 20.8 Å². The van der Waals surface area contributed by atoms with Crippen LogP contribution in [0.2, 0.25) is 0 Å². The van der Waals surface area contributed by atoms with Crippen LogP contribution in [0.25, 0.3) is 0 Å². The zero-order valence-corrected chi connectivity index (χ0v) is 18.2. The molecule has 2 aromatic carbocycles. The maximum atomic E-state index is 13.3. The van der Waals surface area contributed by atoms with Gasteiger partial charge in [0.05, 0.1) is 18.5 Å². The standard InChI is InChI=1S/C23H23IN2O3/c24-17-10-12-19(13-11-17)26-22(28)15-20(23(26)29)25(18-8-4-5-9-18)21(27)14-16-6-2-1-3-7-16/h1-3,6-7,10-13,18,20H,4-5,8-9,14-15H2. The lowest BCUT2D eigenvalue weighted by molar-refractivity contribution is -0.140. The van der Waals surface area contributed by atoms with Gasteiger partial charge < -0.3 is 4.90 Å². The number of anilines is 1. The van der Waals surface area contributed by atoms with Crippen molar-refractivity contribution in [3.05, 3.63) is 63.7 Å². The normalized spacial score (nSPS) is 19.8. The van der Waals surface area contributed by atoms with Crippen molar-refractivity contribution in [1.29, 1.82) is 0 Å². The van der Waals surface area contributed by atoms with Gasteiger partial charge in [-0.3, -0.25) is 14.4 Å². The topological polar surface area (TPSA) is 57.7 Å². The molecule has 4 rings (SSSR count). The Morgan fingerprint density at radius 3 is 2.31 bits per heavy atom. The van der Waals surface area contributed by atoms with Crippen LogP contribution >= 0.6 is 22.6 Å². The van der Waals surface area contributed by atoms with Crippen molar-refractivity contribution in [3.63, 3.8) is 0 Å². The molecule has 2 aliphatic rings. The number of rotatable bonds is 5. The van der Waals surface area contributed by atoms with E-state index in [2.05, 4.69) is 22.6 Å². The van der Waals surface area contributed by atoms with Crippen LogP contribution in [0.5, 0.6) is 0 Å². The van der Waals surface area contributed by atoms with Crippen LogP contribution < -0.4 is 4.90 Å². The number of amides is 3. The average molecular weight is 502 g/mol. The van der Waals surface area contributed by atoms with E-state index < -0.39 is 6.04 Å². The third kappa shape index (κ3) is 4.22. The zero-order valence-electron chi connectivity index (χ0n) is 16.1. The van der Waals surface area contributed by atoms with Gasteiger partial charge in [0.25, 0.3) is 5.91 Å². The lowest BCUT2D eigenvalue weighted by Gasteiger charge is -2.33. The first kappa shape index (κ1) is 20.1. The van der Waals surface area contributed by atoms with Gasteiger partial charge in [-0.05, 0) is 65.3 Å². The third-order valence-corrected chi connectivity index (χ3v) is 6.47. The molecule has 1 unspecified atom stereocenters. The van der Waals surface area contributed by atoms with Crippen molar-refractivity contribution in [2.24, 2.45) is 0 Å². The molecule has 0 N–H and O–H groups in total. The molecular weight excluding hydrogens is 479 g/mol. The molecule has 3 amide bonds. The molecule has 0 spiro atoms. The highest BCUT2D eigenvalue weighted by Crippen LogP contribution is 2.32. The lowest BCUT2D eigenvalue weighted by atomic mass is 10.1. The van der Waals surface area contributed by atoms with Gasteiger partial charge in [-0.25, -0.2) is 4.90 Å². The summed E-state index contributed by atoms with van der Waals surface area (Å²) >= 11 is 2.19. The van der Waals surface area contributed by atoms with Crippen molar-refractivity contribution >= 4 is 46.0 Å². The Balaban J connectivity index is 1.60. The van der Waals surface area contributed by atoms with E-state index in [1.807, 2.05) is 42.5 Å². The molecular formula is C23H23IN2O3. The molecule has 2 fully saturated rings. The van der Waals surface area contributed by atoms with Crippen molar-refractivity contribution in [2.45, 2.75) is 50.6 Å². The van der Waals surface area contributed by atoms with Crippen LogP contribution in [0.4, 0.5) is 5.69 Å². The van der Waals surface area contributed by atoms with E-state index in [1.165, 1.54) is 4.90 Å². The van der Waals surface area contributed by atoms with Crippen LogP contribution in [0.1, 0.15) is 37.7 Å². The molecule has 1 atom stereocenters. The molecule has 1 saturated carbocycles. The largest absolute Gasteiger partial charge is 0.327 e. The predicted octanol–water partition coefficient (Wildman–Crippen LogP) is 3.94. The Hall–Kier alpha value is -2.22. The highest BCUT2D eigenvalue weighted by molar-refractivity contribution is 14.1. The number of hydrogen-bond donors (Lipinski definition) is 0. The minimum absolute atomic E-state index is 0.0321. The monoisotopic (exact) mass is 502 g/mol. The summed E-state index contributed by atoms with van der Waals surface area (Å²) in [6.07, 6.45) is 4.19. The van der Waals surface area contributed by atoms with Gasteiger partial charge in [-0.15, -0.1) is 0 Å². The molecule has 1 aliphatic carbocycles. The van der Waals surface area contributed by atoms with Gasteiger partial charge in [0.15, 0.2) is 0 Å². The van der Waals surface area contributed by atoms with Crippen LogP contribution in [0.3, 0.4) is 0 Å². The highest BCUT2D eigenvalue weighted by atomic mass is 127. The first-order valence-corrected chi connectivity index (χ1v) is 11.1. The van der Waals surface area contributed by atoms with Gasteiger partial charge in [-0.1, -0.05) is 43.2 Å². The van der Waals surface area contributed by atoms with Crippen LogP contribution in [0.15, 0.2) is 54.6 Å². The second-order valence-electron chi connectivity index (χ2n) is 7.67. The molecule has 6 heteroatoms. The average Bonchev–Trinajstić information content (AvgIpc) is 3.33. The number of carbonyl (C=O) groups is 3. The summed E-state index contributed by atoms with van der Waals surface area (Å²) < 4.78 is 1.03. The minimum Gasteiger partial charge on any atom is -0.327 e. The fraction of sp³-hybridized carbons (Fsp3) is 0.348. The minimum atomic E-state index is -0.707. The van der Waals surface area contributed by atoms with E-state index in [0.717, 1.165) is 34.8 Å². The smallest absolute Gasteiger partial charge is 0.257 e. The fourth-order valence-corrected chi connectivity index (χ4v) is 4.73. The molecule has 2 aromatic rings. The maximum absolute atomic E-state index is 13.3. The van der Waals surface area contributed by atoms with Crippen LogP contribution in [-0.4, -0.2) is 34.7 Å². The maximum Gasteiger partial charge on any atom is 0.257 e. The van der Waals surface area contributed by atoms with E-state index in [-0.39, 0.29) is 36.6 Å². The first-order chi connectivity index (χ1) is 14.0. The Morgan fingerprint density at radius 2 is 1.66 bits per heavy atom. The van der Waals surface area contributed by atoms with Crippen molar-refractivity contribution in [2.75, 3.05) is 4.90 Å². The summed E-state index contributed by atoms with van der Waals surface area (Å²) in [5.41, 5.74) is 1.50. The molecule has 0 aromatic heterocycles. The summed E-state index contributed by atoms with van der Waals surface area (Å²) in [5, 5.41) is 0. The second-order valence-corrected chi connectivity index (χ2v) is 8.91. The molecule has 1 heterocycles. The predicted molar refractivity (Wildman–Crippen MR) is 119 cm³/mol. The highest BCUT2D eigenvalue weighted by Gasteiger charge is 2.46. The second kappa shape index (κ2) is 8.65. The van der Waals surface area contributed by atoms with E-state index in [1.54, 1.807) is 17.0 Å². The van der Waals surface area contributed by atoms with Gasteiger partial charge in [0.1, 0.15) is 6.04 Å². The summed E-state index contributed by atoms with van der Waals surface area (Å²) in [5.74, 6) is -0.597. The number of halogens is 1. The van der Waals surface area contributed by atoms with E-state index in [4.69, 9.17) is 0 Å². The number of nitrogens with zero attached hydrogens (tertiary/aromatic N) is 2. The van der Waals surface area contributed by atoms with Crippen molar-refractivity contribution < 1.29 is 14.4 Å². The van der Waals surface area contributed by atoms with Gasteiger partial charge in [0, 0.05) is 9.61 Å². The SMILES string of the molecule is O=C1CC(N(C(=O)Cc2ccccc2)C2CCCC2)C(=O)N1c1ccc(I)cc1. The van der Waals surface area contributed by atoms with Crippen molar-refractivity contribution in [1.82, 2.24) is 4.90 Å². The lowest BCUT2D eigenvalue weighted by Crippen LogP contribution is -2.50. The third-order valence-electron chi connectivity index (χ3n) is 5.75. The Bertz CT molecular complexity index is 907. The molecule has 1 saturated heterocycles. The van der Waals surface area contributed by atoms with E-state index >= 15 is 0 Å². The molecule has 0 bridgehead atoms. The summed E-state index contributed by atoms with van der Waals surface area (Å²) in [6, 6.07) is 16.2. The summed E-state index contributed by atoms with van der Waals surface area (Å²) in [6.45, 7) is 0. The Kier molecular flexibility index (Phi) is 5.99. The number of benzene rings is 2. The molecule has 29 heavy (non-hydrogen) atoms. The van der Waals surface area contributed by atoms with E-state index in [0.29, 0.717) is 5.69 Å². The zero-order chi connectivity index (χ0) is 20.4. The molecule has 0 radical (unpaired) electrons. The van der Waals surface area contributed by atoms with Gasteiger partial charge in [-0.2, -0.15) is 0 Å². The summed E-state index contributed by atoms with van der Waals surface area (Å²) in [7, 11) is 0. The molecule has 150 valence electrons. The van der Waals surface area contributed by atoms with E-state index in [9.17, 15) is 14.4 Å². The van der Waals surface area contributed by atoms with Crippen LogP contribution in [0, 0.1) is 3.57 Å². The van der Waals surface area contributed by atoms with Crippen molar-refractivity contribution in [3.8, 4) is 0 Å². The summed E-state index contributed by atoms with van der Waals surface area (Å²) in [4.78, 5) is 42.3. The number of hydrogen-bond acceptors (Lipinski definition) is 3. The fourth-order valence-electron chi connectivity index (χ4n) is 4.37. The Morgan fingerprint density at radius 1 is 1.00 bits per heavy atom. The Labute approximate surface area is 184 Å². The first-order valence-electron chi connectivity index (χ1n) is 10.0. The van der Waals surface area contributed by atoms with Gasteiger partial charge >= 0.3 is 0 Å². The van der Waals surface area contributed by atoms with Gasteiger partial charge in [0.2, 0.25) is 11.8 Å². The molecule has 5 nitrogen and oxygen atoms in total. The number of carbonyl (C=O) groups excluding carboxylic acids is 3. The number of imide groups is 1. The molecule has 1 aliphatic heterocycles. The quantitative estimate of drug-likeness (QED) is 0.460.